The van der Waals surface area contributed by atoms with Gasteiger partial charge >= 0.3 is 0 Å². The maximum absolute atomic E-state index is 12.2. The first-order valence-corrected chi connectivity index (χ1v) is 6.98. The number of hydrogen-bond donors (Lipinski definition) is 0. The zero-order valence-electron chi connectivity index (χ0n) is 10.4. The molecule has 0 aliphatic carbocycles. The van der Waals surface area contributed by atoms with Crippen LogP contribution in [0.25, 0.3) is 0 Å². The van der Waals surface area contributed by atoms with Crippen molar-refractivity contribution in [1.29, 1.82) is 0 Å². The Morgan fingerprint density at radius 1 is 1.41 bits per heavy atom. The van der Waals surface area contributed by atoms with Gasteiger partial charge in [-0.3, -0.25) is 9.78 Å². The molecule has 4 heteroatoms. The standard InChI is InChI=1S/C13H17IN2O/c1-8-4-5-10(13(17)16(8)3)12-7-6-11(14)9(2)15-12/h6-8,10H,4-5H2,1-3H3. The van der Waals surface area contributed by atoms with Crippen molar-refractivity contribution in [3.05, 3.63) is 27.1 Å². The molecule has 1 aliphatic heterocycles. The maximum Gasteiger partial charge on any atom is 0.231 e. The van der Waals surface area contributed by atoms with Gasteiger partial charge in [-0.2, -0.15) is 0 Å². The Kier molecular flexibility index (Phi) is 3.70. The Bertz CT molecular complexity index is 447. The van der Waals surface area contributed by atoms with Gasteiger partial charge in [0.05, 0.1) is 17.3 Å². The number of nitrogens with zero attached hydrogens (tertiary/aromatic N) is 2. The third-order valence-corrected chi connectivity index (χ3v) is 4.72. The number of rotatable bonds is 1. The highest BCUT2D eigenvalue weighted by Crippen LogP contribution is 2.29. The number of aryl methyl sites for hydroxylation is 1. The first-order chi connectivity index (χ1) is 8.00. The number of carbonyl (C=O) groups excluding carboxylic acids is 1. The predicted molar refractivity (Wildman–Crippen MR) is 75.9 cm³/mol. The molecule has 1 aromatic heterocycles. The third kappa shape index (κ3) is 2.46. The summed E-state index contributed by atoms with van der Waals surface area (Å²) in [6.07, 6.45) is 1.97. The molecule has 3 nitrogen and oxygen atoms in total. The van der Waals surface area contributed by atoms with Crippen LogP contribution in [0.2, 0.25) is 0 Å². The fraction of sp³-hybridized carbons (Fsp3) is 0.538. The molecule has 2 atom stereocenters. The molecule has 2 unspecified atom stereocenters. The highest BCUT2D eigenvalue weighted by molar-refractivity contribution is 14.1. The Labute approximate surface area is 116 Å². The molecule has 1 aliphatic rings. The fourth-order valence-corrected chi connectivity index (χ4v) is 2.52. The summed E-state index contributed by atoms with van der Waals surface area (Å²) in [5, 5.41) is 0. The van der Waals surface area contributed by atoms with Crippen LogP contribution in [0.3, 0.4) is 0 Å². The number of likely N-dealkylation sites (tertiary alicyclic amines) is 1. The van der Waals surface area contributed by atoms with E-state index in [1.54, 1.807) is 0 Å². The molecule has 2 heterocycles. The second-order valence-corrected chi connectivity index (χ2v) is 5.89. The molecule has 17 heavy (non-hydrogen) atoms. The summed E-state index contributed by atoms with van der Waals surface area (Å²) in [6, 6.07) is 4.38. The van der Waals surface area contributed by atoms with Gasteiger partial charge in [0.25, 0.3) is 0 Å². The van der Waals surface area contributed by atoms with E-state index in [4.69, 9.17) is 0 Å². The third-order valence-electron chi connectivity index (χ3n) is 3.58. The fourth-order valence-electron chi connectivity index (χ4n) is 2.22. The summed E-state index contributed by atoms with van der Waals surface area (Å²) >= 11 is 2.27. The van der Waals surface area contributed by atoms with Gasteiger partial charge in [-0.1, -0.05) is 0 Å². The summed E-state index contributed by atoms with van der Waals surface area (Å²) in [4.78, 5) is 18.6. The van der Waals surface area contributed by atoms with Gasteiger partial charge in [0.2, 0.25) is 5.91 Å². The van der Waals surface area contributed by atoms with Gasteiger partial charge in [-0.25, -0.2) is 0 Å². The lowest BCUT2D eigenvalue weighted by Crippen LogP contribution is -2.43. The van der Waals surface area contributed by atoms with Crippen molar-refractivity contribution in [2.75, 3.05) is 7.05 Å². The van der Waals surface area contributed by atoms with E-state index in [1.807, 2.05) is 31.0 Å². The topological polar surface area (TPSA) is 33.2 Å². The molecule has 0 radical (unpaired) electrons. The van der Waals surface area contributed by atoms with E-state index in [1.165, 1.54) is 0 Å². The van der Waals surface area contributed by atoms with Crippen LogP contribution in [0.4, 0.5) is 0 Å². The van der Waals surface area contributed by atoms with Crippen molar-refractivity contribution in [3.8, 4) is 0 Å². The largest absolute Gasteiger partial charge is 0.342 e. The quantitative estimate of drug-likeness (QED) is 0.734. The summed E-state index contributed by atoms with van der Waals surface area (Å²) in [5.74, 6) is 0.156. The molecular weight excluding hydrogens is 327 g/mol. The van der Waals surface area contributed by atoms with Gasteiger partial charge in [-0.05, 0) is 61.4 Å². The van der Waals surface area contributed by atoms with Crippen molar-refractivity contribution in [1.82, 2.24) is 9.88 Å². The Morgan fingerprint density at radius 2 is 2.12 bits per heavy atom. The lowest BCUT2D eigenvalue weighted by Gasteiger charge is -2.34. The predicted octanol–water partition coefficient (Wildman–Crippen LogP) is 2.72. The first-order valence-electron chi connectivity index (χ1n) is 5.90. The van der Waals surface area contributed by atoms with E-state index < -0.39 is 0 Å². The summed E-state index contributed by atoms with van der Waals surface area (Å²) in [5.41, 5.74) is 1.93. The monoisotopic (exact) mass is 344 g/mol. The van der Waals surface area contributed by atoms with Crippen LogP contribution >= 0.6 is 22.6 Å². The number of amides is 1. The molecule has 1 saturated heterocycles. The van der Waals surface area contributed by atoms with Gasteiger partial charge in [0.1, 0.15) is 0 Å². The zero-order valence-corrected chi connectivity index (χ0v) is 12.6. The minimum atomic E-state index is -0.0492. The molecule has 2 rings (SSSR count). The van der Waals surface area contributed by atoms with E-state index in [0.717, 1.165) is 27.8 Å². The van der Waals surface area contributed by atoms with E-state index in [9.17, 15) is 4.79 Å². The molecule has 0 saturated carbocycles. The van der Waals surface area contributed by atoms with Crippen LogP contribution in [0.15, 0.2) is 12.1 Å². The van der Waals surface area contributed by atoms with E-state index >= 15 is 0 Å². The van der Waals surface area contributed by atoms with Crippen LogP contribution in [0, 0.1) is 10.5 Å². The second kappa shape index (κ2) is 4.92. The van der Waals surface area contributed by atoms with Gasteiger partial charge in [0, 0.05) is 16.7 Å². The van der Waals surface area contributed by atoms with Crippen LogP contribution in [-0.2, 0) is 4.79 Å². The first kappa shape index (κ1) is 12.8. The number of pyridine rings is 1. The van der Waals surface area contributed by atoms with Crippen LogP contribution in [0.5, 0.6) is 0 Å². The van der Waals surface area contributed by atoms with E-state index in [2.05, 4.69) is 34.5 Å². The van der Waals surface area contributed by atoms with Crippen molar-refractivity contribution >= 4 is 28.5 Å². The van der Waals surface area contributed by atoms with Crippen molar-refractivity contribution in [3.63, 3.8) is 0 Å². The zero-order chi connectivity index (χ0) is 12.6. The lowest BCUT2D eigenvalue weighted by molar-refractivity contribution is -0.136. The average Bonchev–Trinajstić information content (AvgIpc) is 2.30. The molecular formula is C13H17IN2O. The molecule has 92 valence electrons. The number of halogens is 1. The van der Waals surface area contributed by atoms with Crippen molar-refractivity contribution in [2.45, 2.75) is 38.6 Å². The molecule has 0 aromatic carbocycles. The van der Waals surface area contributed by atoms with Crippen molar-refractivity contribution in [2.24, 2.45) is 0 Å². The Balaban J connectivity index is 2.28. The molecule has 0 spiro atoms. The van der Waals surface area contributed by atoms with Gasteiger partial charge in [0.15, 0.2) is 0 Å². The van der Waals surface area contributed by atoms with Crippen LogP contribution in [-0.4, -0.2) is 28.9 Å². The summed E-state index contributed by atoms with van der Waals surface area (Å²) < 4.78 is 1.15. The number of carbonyl (C=O) groups is 1. The molecule has 1 fully saturated rings. The minimum Gasteiger partial charge on any atom is -0.342 e. The number of piperidine rings is 1. The molecule has 1 aromatic rings. The molecule has 1 amide bonds. The van der Waals surface area contributed by atoms with Crippen molar-refractivity contribution < 1.29 is 4.79 Å². The summed E-state index contributed by atoms with van der Waals surface area (Å²) in [6.45, 7) is 4.09. The highest BCUT2D eigenvalue weighted by Gasteiger charge is 2.32. The molecule has 0 N–H and O–H groups in total. The van der Waals surface area contributed by atoms with Gasteiger partial charge < -0.3 is 4.90 Å². The van der Waals surface area contributed by atoms with E-state index in [-0.39, 0.29) is 11.8 Å². The number of aromatic nitrogens is 1. The lowest BCUT2D eigenvalue weighted by atomic mass is 9.90. The van der Waals surface area contributed by atoms with Gasteiger partial charge in [-0.15, -0.1) is 0 Å². The van der Waals surface area contributed by atoms with Crippen LogP contribution in [0.1, 0.15) is 37.1 Å². The van der Waals surface area contributed by atoms with E-state index in [0.29, 0.717) is 6.04 Å². The minimum absolute atomic E-state index is 0.0492. The highest BCUT2D eigenvalue weighted by atomic mass is 127. The summed E-state index contributed by atoms with van der Waals surface area (Å²) in [7, 11) is 1.89. The smallest absolute Gasteiger partial charge is 0.231 e. The maximum atomic E-state index is 12.2. The van der Waals surface area contributed by atoms with Crippen LogP contribution < -0.4 is 0 Å². The number of likely N-dealkylation sites (N-methyl/N-ethyl adjacent to an activating group) is 1. The second-order valence-electron chi connectivity index (χ2n) is 4.73. The SMILES string of the molecule is Cc1nc(C2CCC(C)N(C)C2=O)ccc1I. The normalized spacial score (nSPS) is 25.2. The Hall–Kier alpha value is -0.650. The molecule has 0 bridgehead atoms. The Morgan fingerprint density at radius 3 is 2.76 bits per heavy atom. The number of hydrogen-bond acceptors (Lipinski definition) is 2. The average molecular weight is 344 g/mol.